The summed E-state index contributed by atoms with van der Waals surface area (Å²) in [6, 6.07) is 16.7. The highest BCUT2D eigenvalue weighted by Gasteiger charge is 2.17. The molecule has 0 radical (unpaired) electrons. The van der Waals surface area contributed by atoms with Crippen LogP contribution in [0.25, 0.3) is 0 Å². The van der Waals surface area contributed by atoms with Gasteiger partial charge in [0.15, 0.2) is 5.82 Å². The molecule has 0 amide bonds. The minimum absolute atomic E-state index is 0.789. The number of aromatic nitrogens is 2. The molecule has 4 rings (SSSR count). The minimum Gasteiger partial charge on any atom is -0.381 e. The molecule has 0 unspecified atom stereocenters. The van der Waals surface area contributed by atoms with Crippen LogP contribution in [0.5, 0.6) is 0 Å². The van der Waals surface area contributed by atoms with Crippen molar-refractivity contribution in [2.75, 3.05) is 10.6 Å². The summed E-state index contributed by atoms with van der Waals surface area (Å²) in [7, 11) is 0. The van der Waals surface area contributed by atoms with Crippen LogP contribution in [0.15, 0.2) is 70.8 Å². The van der Waals surface area contributed by atoms with Gasteiger partial charge in [-0.05, 0) is 29.8 Å². The van der Waals surface area contributed by atoms with Crippen molar-refractivity contribution in [2.45, 2.75) is 16.5 Å². The zero-order valence-electron chi connectivity index (χ0n) is 11.8. The van der Waals surface area contributed by atoms with Crippen LogP contribution in [-0.2, 0) is 6.54 Å². The fourth-order valence-corrected chi connectivity index (χ4v) is 3.23. The lowest BCUT2D eigenvalue weighted by atomic mass is 10.2. The molecule has 2 aromatic carbocycles. The molecule has 0 saturated carbocycles. The maximum absolute atomic E-state index is 4.34. The number of hydrogen-bond donors (Lipinski definition) is 2. The maximum Gasteiger partial charge on any atom is 0.163 e. The van der Waals surface area contributed by atoms with Crippen LogP contribution < -0.4 is 10.6 Å². The first-order valence-corrected chi connectivity index (χ1v) is 7.88. The van der Waals surface area contributed by atoms with E-state index in [-0.39, 0.29) is 0 Å². The highest BCUT2D eigenvalue weighted by atomic mass is 32.2. The van der Waals surface area contributed by atoms with Crippen molar-refractivity contribution in [3.63, 3.8) is 0 Å². The summed E-state index contributed by atoms with van der Waals surface area (Å²) in [6.45, 7) is 0.789. The average molecular weight is 306 g/mol. The summed E-state index contributed by atoms with van der Waals surface area (Å²) >= 11 is 1.65. The summed E-state index contributed by atoms with van der Waals surface area (Å²) in [5, 5.41) is 7.70. The van der Waals surface area contributed by atoms with E-state index in [1.54, 1.807) is 24.2 Å². The Hall–Kier alpha value is -2.53. The zero-order valence-corrected chi connectivity index (χ0v) is 12.6. The van der Waals surface area contributed by atoms with Gasteiger partial charge in [0.2, 0.25) is 0 Å². The molecular weight excluding hydrogens is 292 g/mol. The van der Waals surface area contributed by atoms with E-state index in [1.807, 2.05) is 18.2 Å². The summed E-state index contributed by atoms with van der Waals surface area (Å²) in [6.07, 6.45) is 3.43. The maximum atomic E-state index is 4.34. The Morgan fingerprint density at radius 3 is 2.77 bits per heavy atom. The van der Waals surface area contributed by atoms with Gasteiger partial charge in [0.05, 0.1) is 5.69 Å². The van der Waals surface area contributed by atoms with Crippen LogP contribution in [0.1, 0.15) is 5.56 Å². The van der Waals surface area contributed by atoms with E-state index in [9.17, 15) is 0 Å². The van der Waals surface area contributed by atoms with Crippen molar-refractivity contribution in [2.24, 2.45) is 0 Å². The number of para-hydroxylation sites is 1. The average Bonchev–Trinajstić information content (AvgIpc) is 2.59. The molecule has 3 aromatic rings. The van der Waals surface area contributed by atoms with E-state index in [1.165, 1.54) is 10.5 Å². The van der Waals surface area contributed by atoms with Crippen molar-refractivity contribution >= 4 is 29.0 Å². The highest BCUT2D eigenvalue weighted by Crippen LogP contribution is 2.41. The Balaban J connectivity index is 1.53. The summed E-state index contributed by atoms with van der Waals surface area (Å²) < 4.78 is 0. The first-order valence-electron chi connectivity index (χ1n) is 7.06. The molecular formula is C17H14N4S. The predicted molar refractivity (Wildman–Crippen MR) is 89.6 cm³/mol. The summed E-state index contributed by atoms with van der Waals surface area (Å²) in [4.78, 5) is 9.85. The first kappa shape index (κ1) is 13.2. The second-order valence-electron chi connectivity index (χ2n) is 4.99. The van der Waals surface area contributed by atoms with Gasteiger partial charge in [-0.25, -0.2) is 9.97 Å². The Labute approximate surface area is 133 Å². The molecule has 1 aromatic heterocycles. The second-order valence-corrected chi connectivity index (χ2v) is 6.02. The molecule has 5 heteroatoms. The number of rotatable bonds is 3. The second kappa shape index (κ2) is 5.69. The molecule has 22 heavy (non-hydrogen) atoms. The molecule has 1 aliphatic heterocycles. The lowest BCUT2D eigenvalue weighted by molar-refractivity contribution is 1.04. The number of fused-ring (bicyclic) bond motifs is 2. The van der Waals surface area contributed by atoms with Crippen LogP contribution in [0.3, 0.4) is 0 Å². The molecule has 0 bridgehead atoms. The van der Waals surface area contributed by atoms with Gasteiger partial charge in [-0.1, -0.05) is 36.0 Å². The van der Waals surface area contributed by atoms with E-state index in [0.717, 1.165) is 28.8 Å². The fraction of sp³-hybridized carbons (Fsp3) is 0.0588. The topological polar surface area (TPSA) is 49.8 Å². The molecule has 1 aliphatic rings. The summed E-state index contributed by atoms with van der Waals surface area (Å²) in [5.41, 5.74) is 3.44. The number of benzene rings is 2. The van der Waals surface area contributed by atoms with Gasteiger partial charge >= 0.3 is 0 Å². The molecule has 0 saturated heterocycles. The third-order valence-corrected chi connectivity index (χ3v) is 4.51. The van der Waals surface area contributed by atoms with E-state index in [2.05, 4.69) is 50.9 Å². The summed E-state index contributed by atoms with van der Waals surface area (Å²) in [5.74, 6) is 0.827. The van der Waals surface area contributed by atoms with E-state index in [4.69, 9.17) is 0 Å². The Bertz CT molecular complexity index is 805. The number of nitrogens with zero attached hydrogens (tertiary/aromatic N) is 2. The van der Waals surface area contributed by atoms with Crippen molar-refractivity contribution < 1.29 is 0 Å². The third-order valence-electron chi connectivity index (χ3n) is 3.44. The van der Waals surface area contributed by atoms with Gasteiger partial charge in [-0.3, -0.25) is 0 Å². The van der Waals surface area contributed by atoms with Gasteiger partial charge in [-0.15, -0.1) is 0 Å². The van der Waals surface area contributed by atoms with Crippen LogP contribution >= 0.6 is 11.8 Å². The van der Waals surface area contributed by atoms with Crippen molar-refractivity contribution in [1.29, 1.82) is 0 Å². The Kier molecular flexibility index (Phi) is 3.40. The molecule has 0 fully saturated rings. The van der Waals surface area contributed by atoms with Crippen molar-refractivity contribution in [3.05, 3.63) is 66.5 Å². The molecule has 0 atom stereocenters. The van der Waals surface area contributed by atoms with Gasteiger partial charge in [0.25, 0.3) is 0 Å². The fourth-order valence-electron chi connectivity index (χ4n) is 2.35. The van der Waals surface area contributed by atoms with Crippen molar-refractivity contribution in [1.82, 2.24) is 9.97 Å². The van der Waals surface area contributed by atoms with Crippen LogP contribution in [0.2, 0.25) is 0 Å². The van der Waals surface area contributed by atoms with E-state index in [0.29, 0.717) is 0 Å². The molecule has 0 spiro atoms. The monoisotopic (exact) mass is 306 g/mol. The number of hydrogen-bond acceptors (Lipinski definition) is 5. The van der Waals surface area contributed by atoms with Gasteiger partial charge < -0.3 is 10.6 Å². The molecule has 2 heterocycles. The normalized spacial score (nSPS) is 12.0. The standard InChI is InChI=1S/C17H14N4S/c1-2-4-13(5-3-1)20-11-12-6-7-15-14(10-12)21-16-17(22-15)19-9-8-18-16/h1-10,20H,11H2,(H,18,21). The Morgan fingerprint density at radius 2 is 1.86 bits per heavy atom. The van der Waals surface area contributed by atoms with Gasteiger partial charge in [0.1, 0.15) is 5.03 Å². The number of nitrogens with one attached hydrogen (secondary N) is 2. The third kappa shape index (κ3) is 2.63. The zero-order chi connectivity index (χ0) is 14.8. The molecule has 0 aliphatic carbocycles. The smallest absolute Gasteiger partial charge is 0.163 e. The predicted octanol–water partition coefficient (Wildman–Crippen LogP) is 4.30. The molecule has 2 N–H and O–H groups in total. The number of anilines is 3. The van der Waals surface area contributed by atoms with E-state index >= 15 is 0 Å². The van der Waals surface area contributed by atoms with Crippen molar-refractivity contribution in [3.8, 4) is 0 Å². The SMILES string of the molecule is c1ccc(NCc2ccc3c(c2)Nc2nccnc2S3)cc1. The Morgan fingerprint density at radius 1 is 1.00 bits per heavy atom. The first-order chi connectivity index (χ1) is 10.9. The molecule has 108 valence electrons. The lowest BCUT2D eigenvalue weighted by Crippen LogP contribution is -2.05. The van der Waals surface area contributed by atoms with Crippen LogP contribution in [-0.4, -0.2) is 9.97 Å². The lowest BCUT2D eigenvalue weighted by Gasteiger charge is -2.19. The van der Waals surface area contributed by atoms with Crippen LogP contribution in [0.4, 0.5) is 17.2 Å². The van der Waals surface area contributed by atoms with E-state index < -0.39 is 0 Å². The quantitative estimate of drug-likeness (QED) is 0.591. The van der Waals surface area contributed by atoms with Crippen LogP contribution in [0, 0.1) is 0 Å². The molecule has 4 nitrogen and oxygen atoms in total. The largest absolute Gasteiger partial charge is 0.381 e. The van der Waals surface area contributed by atoms with Gasteiger partial charge in [-0.2, -0.15) is 0 Å². The highest BCUT2D eigenvalue weighted by molar-refractivity contribution is 7.99. The van der Waals surface area contributed by atoms with Gasteiger partial charge in [0, 0.05) is 29.5 Å². The minimum atomic E-state index is 0.789.